The van der Waals surface area contributed by atoms with Crippen molar-refractivity contribution in [3.63, 3.8) is 0 Å². The third-order valence-corrected chi connectivity index (χ3v) is 4.29. The van der Waals surface area contributed by atoms with E-state index in [4.69, 9.17) is 15.6 Å². The van der Waals surface area contributed by atoms with Crippen molar-refractivity contribution >= 4 is 11.9 Å². The summed E-state index contributed by atoms with van der Waals surface area (Å²) >= 11 is 0. The summed E-state index contributed by atoms with van der Waals surface area (Å²) < 4.78 is 5.33. The summed E-state index contributed by atoms with van der Waals surface area (Å²) in [5, 5.41) is 11.6. The largest absolute Gasteiger partial charge is 0.479 e. The fourth-order valence-corrected chi connectivity index (χ4v) is 2.80. The van der Waals surface area contributed by atoms with E-state index in [-0.39, 0.29) is 17.4 Å². The van der Waals surface area contributed by atoms with Gasteiger partial charge in [0.1, 0.15) is 0 Å². The van der Waals surface area contributed by atoms with Gasteiger partial charge in [0.25, 0.3) is 0 Å². The van der Waals surface area contributed by atoms with Gasteiger partial charge in [0.15, 0.2) is 6.10 Å². The number of nitrogens with two attached hydrogens (primary N) is 1. The van der Waals surface area contributed by atoms with E-state index in [1.54, 1.807) is 0 Å². The maximum Gasteiger partial charge on any atom is 0.332 e. The van der Waals surface area contributed by atoms with Gasteiger partial charge in [0, 0.05) is 13.0 Å². The average Bonchev–Trinajstić information content (AvgIpc) is 2.80. The number of nitrogens with one attached hydrogen (secondary N) is 1. The van der Waals surface area contributed by atoms with Gasteiger partial charge in [-0.3, -0.25) is 4.79 Å². The Kier molecular flexibility index (Phi) is 4.42. The Morgan fingerprint density at radius 2 is 2.11 bits per heavy atom. The van der Waals surface area contributed by atoms with Crippen molar-refractivity contribution in [3.8, 4) is 0 Å². The van der Waals surface area contributed by atoms with Crippen molar-refractivity contribution in [2.45, 2.75) is 50.7 Å². The van der Waals surface area contributed by atoms with Crippen LogP contribution in [0, 0.1) is 5.41 Å². The number of carboxylic acids is 1. The van der Waals surface area contributed by atoms with Crippen LogP contribution in [-0.2, 0) is 14.3 Å². The van der Waals surface area contributed by atoms with Crippen LogP contribution in [0.4, 0.5) is 0 Å². The molecule has 1 saturated heterocycles. The van der Waals surface area contributed by atoms with Gasteiger partial charge in [-0.15, -0.1) is 0 Å². The monoisotopic (exact) mass is 270 g/mol. The second-order valence-corrected chi connectivity index (χ2v) is 5.70. The first kappa shape index (κ1) is 14.3. The van der Waals surface area contributed by atoms with E-state index in [1.807, 2.05) is 0 Å². The molecule has 4 N–H and O–H groups in total. The van der Waals surface area contributed by atoms with Gasteiger partial charge in [-0.05, 0) is 37.6 Å². The minimum atomic E-state index is -0.926. The van der Waals surface area contributed by atoms with Crippen LogP contribution >= 0.6 is 0 Å². The number of rotatable bonds is 6. The second-order valence-electron chi connectivity index (χ2n) is 5.70. The van der Waals surface area contributed by atoms with Gasteiger partial charge in [-0.25, -0.2) is 4.79 Å². The molecule has 1 amide bonds. The Balaban J connectivity index is 1.68. The molecule has 1 saturated carbocycles. The molecule has 0 aromatic heterocycles. The number of ether oxygens (including phenoxy) is 1. The third-order valence-electron chi connectivity index (χ3n) is 4.29. The molecular weight excluding hydrogens is 248 g/mol. The summed E-state index contributed by atoms with van der Waals surface area (Å²) in [6.07, 6.45) is 3.97. The molecule has 0 spiro atoms. The summed E-state index contributed by atoms with van der Waals surface area (Å²) in [4.78, 5) is 22.6. The Morgan fingerprint density at radius 3 is 2.58 bits per heavy atom. The highest BCUT2D eigenvalue weighted by atomic mass is 16.5. The minimum Gasteiger partial charge on any atom is -0.479 e. The van der Waals surface area contributed by atoms with E-state index in [9.17, 15) is 9.59 Å². The third kappa shape index (κ3) is 3.45. The smallest absolute Gasteiger partial charge is 0.332 e. The van der Waals surface area contributed by atoms with Crippen molar-refractivity contribution in [1.82, 2.24) is 5.32 Å². The molecule has 6 heteroatoms. The van der Waals surface area contributed by atoms with Crippen molar-refractivity contribution in [1.29, 1.82) is 0 Å². The van der Waals surface area contributed by atoms with E-state index in [0.29, 0.717) is 32.4 Å². The quantitative estimate of drug-likeness (QED) is 0.642. The summed E-state index contributed by atoms with van der Waals surface area (Å²) in [6.45, 7) is 0.949. The van der Waals surface area contributed by atoms with Gasteiger partial charge in [-0.2, -0.15) is 0 Å². The zero-order valence-corrected chi connectivity index (χ0v) is 11.1. The Hall–Kier alpha value is -1.14. The van der Waals surface area contributed by atoms with Crippen LogP contribution in [-0.4, -0.2) is 42.3 Å². The lowest BCUT2D eigenvalue weighted by molar-refractivity contribution is -0.149. The first-order chi connectivity index (χ1) is 9.04. The molecule has 19 heavy (non-hydrogen) atoms. The fourth-order valence-electron chi connectivity index (χ4n) is 2.80. The van der Waals surface area contributed by atoms with Crippen molar-refractivity contribution in [3.05, 3.63) is 0 Å². The Labute approximate surface area is 112 Å². The number of carbonyl (C=O) groups excluding carboxylic acids is 1. The van der Waals surface area contributed by atoms with Crippen LogP contribution in [0.2, 0.25) is 0 Å². The van der Waals surface area contributed by atoms with Crippen LogP contribution in [0.5, 0.6) is 0 Å². The minimum absolute atomic E-state index is 0.00418. The highest BCUT2D eigenvalue weighted by molar-refractivity contribution is 5.77. The number of carboxylic acid groups (broad SMARTS) is 1. The molecule has 2 aliphatic rings. The van der Waals surface area contributed by atoms with Crippen LogP contribution in [0.1, 0.15) is 38.5 Å². The van der Waals surface area contributed by atoms with E-state index < -0.39 is 12.1 Å². The molecule has 2 fully saturated rings. The predicted molar refractivity (Wildman–Crippen MR) is 68.5 cm³/mol. The predicted octanol–water partition coefficient (Wildman–Crippen LogP) is 0.254. The molecule has 2 rings (SSSR count). The molecule has 0 bridgehead atoms. The van der Waals surface area contributed by atoms with E-state index in [0.717, 1.165) is 19.3 Å². The number of amides is 1. The van der Waals surface area contributed by atoms with Gasteiger partial charge >= 0.3 is 5.97 Å². The highest BCUT2D eigenvalue weighted by Gasteiger charge is 2.37. The summed E-state index contributed by atoms with van der Waals surface area (Å²) in [5.41, 5.74) is 5.72. The summed E-state index contributed by atoms with van der Waals surface area (Å²) in [5.74, 6) is -0.932. The molecule has 6 nitrogen and oxygen atoms in total. The van der Waals surface area contributed by atoms with Crippen molar-refractivity contribution < 1.29 is 19.4 Å². The van der Waals surface area contributed by atoms with Gasteiger partial charge < -0.3 is 20.9 Å². The van der Waals surface area contributed by atoms with Crippen molar-refractivity contribution in [2.24, 2.45) is 11.1 Å². The molecule has 0 aromatic carbocycles. The number of carbonyl (C=O) groups is 2. The molecule has 108 valence electrons. The first-order valence-electron chi connectivity index (χ1n) is 6.90. The zero-order valence-electron chi connectivity index (χ0n) is 11.1. The average molecular weight is 270 g/mol. The molecule has 2 unspecified atom stereocenters. The van der Waals surface area contributed by atoms with Gasteiger partial charge in [0.2, 0.25) is 5.91 Å². The number of aliphatic carboxylic acids is 1. The van der Waals surface area contributed by atoms with Gasteiger partial charge in [0.05, 0.1) is 6.10 Å². The first-order valence-corrected chi connectivity index (χ1v) is 6.90. The van der Waals surface area contributed by atoms with Crippen LogP contribution in [0.25, 0.3) is 0 Å². The lowest BCUT2D eigenvalue weighted by atomic mass is 9.66. The van der Waals surface area contributed by atoms with Crippen LogP contribution in [0.15, 0.2) is 0 Å². The van der Waals surface area contributed by atoms with E-state index in [1.165, 1.54) is 0 Å². The molecule has 0 radical (unpaired) electrons. The Morgan fingerprint density at radius 1 is 1.37 bits per heavy atom. The molecule has 1 aliphatic heterocycles. The topological polar surface area (TPSA) is 102 Å². The number of hydrogen-bond acceptors (Lipinski definition) is 4. The maximum absolute atomic E-state index is 11.8. The summed E-state index contributed by atoms with van der Waals surface area (Å²) in [6, 6.07) is 0. The Bertz CT molecular complexity index is 349. The SMILES string of the molecule is NCC1(CC(=O)NCC2CCC(C(=O)O)O2)CCC1. The van der Waals surface area contributed by atoms with Crippen molar-refractivity contribution in [2.75, 3.05) is 13.1 Å². The lowest BCUT2D eigenvalue weighted by Gasteiger charge is -2.40. The molecule has 1 heterocycles. The van der Waals surface area contributed by atoms with Crippen LogP contribution in [0.3, 0.4) is 0 Å². The standard InChI is InChI=1S/C13H22N2O4/c14-8-13(4-1-5-13)6-11(16)15-7-9-2-3-10(19-9)12(17)18/h9-10H,1-8,14H2,(H,15,16)(H,17,18). The molecule has 0 aromatic rings. The second kappa shape index (κ2) is 5.88. The van der Waals surface area contributed by atoms with E-state index >= 15 is 0 Å². The maximum atomic E-state index is 11.8. The number of hydrogen-bond donors (Lipinski definition) is 3. The summed E-state index contributed by atoms with van der Waals surface area (Å²) in [7, 11) is 0. The van der Waals surface area contributed by atoms with Gasteiger partial charge in [-0.1, -0.05) is 6.42 Å². The normalized spacial score (nSPS) is 28.7. The molecule has 1 aliphatic carbocycles. The molecular formula is C13H22N2O4. The highest BCUT2D eigenvalue weighted by Crippen LogP contribution is 2.42. The molecule has 2 atom stereocenters. The zero-order chi connectivity index (χ0) is 13.9. The van der Waals surface area contributed by atoms with E-state index in [2.05, 4.69) is 5.32 Å². The lowest BCUT2D eigenvalue weighted by Crippen LogP contribution is -2.43. The fraction of sp³-hybridized carbons (Fsp3) is 0.846. The van der Waals surface area contributed by atoms with Crippen LogP contribution < -0.4 is 11.1 Å².